The zero-order valence-corrected chi connectivity index (χ0v) is 17.1. The molecule has 1 N–H and O–H groups in total. The van der Waals surface area contributed by atoms with Gasteiger partial charge in [0, 0.05) is 11.3 Å². The Hall–Kier alpha value is -2.36. The van der Waals surface area contributed by atoms with E-state index in [1.54, 1.807) is 12.1 Å². The summed E-state index contributed by atoms with van der Waals surface area (Å²) in [6.45, 7) is 6.81. The fourth-order valence-electron chi connectivity index (χ4n) is 4.27. The number of unbranched alkanes of at least 4 members (excludes halogenated alkanes) is 1. The molecule has 4 heteroatoms. The van der Waals surface area contributed by atoms with E-state index in [-0.39, 0.29) is 11.7 Å². The molecular formula is C24H30FNO2. The van der Waals surface area contributed by atoms with Gasteiger partial charge in [0.25, 0.3) is 0 Å². The van der Waals surface area contributed by atoms with Crippen LogP contribution in [0.5, 0.6) is 5.75 Å². The maximum absolute atomic E-state index is 14.5. The molecule has 0 spiro atoms. The standard InChI is InChI=1S/C24H30FNO2/c1-4-5-14-28-22-17(2)15-19(16-18(22)3)26-23(27)24(12-8-9-13-24)20-10-6-7-11-21(20)25/h6-7,10-11,15-16H,4-5,8-9,12-14H2,1-3H3,(H,26,27). The van der Waals surface area contributed by atoms with Crippen LogP contribution in [0.15, 0.2) is 36.4 Å². The van der Waals surface area contributed by atoms with Crippen LogP contribution in [0.1, 0.15) is 62.1 Å². The Morgan fingerprint density at radius 3 is 2.39 bits per heavy atom. The van der Waals surface area contributed by atoms with Crippen molar-refractivity contribution in [3.8, 4) is 5.75 Å². The normalized spacial score (nSPS) is 15.4. The number of anilines is 1. The largest absolute Gasteiger partial charge is 0.493 e. The Morgan fingerprint density at radius 1 is 1.14 bits per heavy atom. The molecule has 1 fully saturated rings. The van der Waals surface area contributed by atoms with E-state index in [0.29, 0.717) is 25.0 Å². The molecule has 1 aliphatic carbocycles. The van der Waals surface area contributed by atoms with E-state index >= 15 is 0 Å². The van der Waals surface area contributed by atoms with Gasteiger partial charge in [-0.15, -0.1) is 0 Å². The third-order valence-corrected chi connectivity index (χ3v) is 5.74. The van der Waals surface area contributed by atoms with Gasteiger partial charge in [0.2, 0.25) is 5.91 Å². The summed E-state index contributed by atoms with van der Waals surface area (Å²) < 4.78 is 20.4. The molecule has 0 aromatic heterocycles. The van der Waals surface area contributed by atoms with E-state index in [9.17, 15) is 9.18 Å². The van der Waals surface area contributed by atoms with Crippen molar-refractivity contribution in [1.82, 2.24) is 0 Å². The molecule has 0 atom stereocenters. The first-order chi connectivity index (χ1) is 13.5. The lowest BCUT2D eigenvalue weighted by Crippen LogP contribution is -2.38. The highest BCUT2D eigenvalue weighted by atomic mass is 19.1. The average molecular weight is 384 g/mol. The monoisotopic (exact) mass is 383 g/mol. The van der Waals surface area contributed by atoms with Crippen LogP contribution in [-0.4, -0.2) is 12.5 Å². The summed E-state index contributed by atoms with van der Waals surface area (Å²) in [5, 5.41) is 3.07. The molecular weight excluding hydrogens is 353 g/mol. The highest BCUT2D eigenvalue weighted by Gasteiger charge is 2.44. The summed E-state index contributed by atoms with van der Waals surface area (Å²) in [4.78, 5) is 13.3. The van der Waals surface area contributed by atoms with Crippen LogP contribution >= 0.6 is 0 Å². The van der Waals surface area contributed by atoms with E-state index in [0.717, 1.165) is 48.2 Å². The van der Waals surface area contributed by atoms with Crippen molar-refractivity contribution >= 4 is 11.6 Å². The quantitative estimate of drug-likeness (QED) is 0.589. The zero-order valence-electron chi connectivity index (χ0n) is 17.1. The summed E-state index contributed by atoms with van der Waals surface area (Å²) in [5.74, 6) is 0.469. The summed E-state index contributed by atoms with van der Waals surface area (Å²) in [7, 11) is 0. The van der Waals surface area contributed by atoms with Gasteiger partial charge >= 0.3 is 0 Å². The number of halogens is 1. The van der Waals surface area contributed by atoms with Crippen LogP contribution in [0, 0.1) is 19.7 Å². The van der Waals surface area contributed by atoms with Crippen LogP contribution in [0.2, 0.25) is 0 Å². The molecule has 0 aliphatic heterocycles. The van der Waals surface area contributed by atoms with Crippen molar-refractivity contribution in [2.45, 2.75) is 64.7 Å². The molecule has 1 saturated carbocycles. The Bertz CT molecular complexity index is 817. The van der Waals surface area contributed by atoms with Gasteiger partial charge in [-0.1, -0.05) is 44.4 Å². The Kier molecular flexibility index (Phi) is 6.38. The molecule has 1 amide bonds. The number of benzene rings is 2. The molecule has 150 valence electrons. The summed E-state index contributed by atoms with van der Waals surface area (Å²) in [6, 6.07) is 10.6. The van der Waals surface area contributed by atoms with Crippen LogP contribution in [0.25, 0.3) is 0 Å². The van der Waals surface area contributed by atoms with Crippen molar-refractivity contribution < 1.29 is 13.9 Å². The first kappa shape index (κ1) is 20.4. The topological polar surface area (TPSA) is 38.3 Å². The third-order valence-electron chi connectivity index (χ3n) is 5.74. The van der Waals surface area contributed by atoms with Gasteiger partial charge in [-0.05, 0) is 62.4 Å². The fraction of sp³-hybridized carbons (Fsp3) is 0.458. The summed E-state index contributed by atoms with van der Waals surface area (Å²) in [6.07, 6.45) is 5.33. The predicted octanol–water partition coefficient (Wildman–Crippen LogP) is 6.07. The lowest BCUT2D eigenvalue weighted by atomic mass is 9.77. The summed E-state index contributed by atoms with van der Waals surface area (Å²) in [5.41, 5.74) is 2.46. The maximum Gasteiger partial charge on any atom is 0.235 e. The molecule has 3 nitrogen and oxygen atoms in total. The van der Waals surface area contributed by atoms with Crippen molar-refractivity contribution in [2.75, 3.05) is 11.9 Å². The highest BCUT2D eigenvalue weighted by Crippen LogP contribution is 2.43. The number of rotatable bonds is 7. The zero-order chi connectivity index (χ0) is 20.1. The van der Waals surface area contributed by atoms with E-state index in [2.05, 4.69) is 12.2 Å². The van der Waals surface area contributed by atoms with Gasteiger partial charge in [0.1, 0.15) is 11.6 Å². The van der Waals surface area contributed by atoms with E-state index < -0.39 is 5.41 Å². The third kappa shape index (κ3) is 4.06. The first-order valence-corrected chi connectivity index (χ1v) is 10.3. The van der Waals surface area contributed by atoms with Crippen molar-refractivity contribution in [2.24, 2.45) is 0 Å². The fourth-order valence-corrected chi connectivity index (χ4v) is 4.27. The number of carbonyl (C=O) groups is 1. The second kappa shape index (κ2) is 8.76. The lowest BCUT2D eigenvalue weighted by Gasteiger charge is -2.29. The van der Waals surface area contributed by atoms with Gasteiger partial charge in [-0.2, -0.15) is 0 Å². The number of carbonyl (C=O) groups excluding carboxylic acids is 1. The Morgan fingerprint density at radius 2 is 1.79 bits per heavy atom. The Labute approximate surface area is 167 Å². The number of hydrogen-bond acceptors (Lipinski definition) is 2. The molecule has 0 saturated heterocycles. The van der Waals surface area contributed by atoms with E-state index in [1.165, 1.54) is 6.07 Å². The number of nitrogens with one attached hydrogen (secondary N) is 1. The maximum atomic E-state index is 14.5. The number of ether oxygens (including phenoxy) is 1. The highest BCUT2D eigenvalue weighted by molar-refractivity contribution is 5.99. The molecule has 0 bridgehead atoms. The van der Waals surface area contributed by atoms with Crippen LogP contribution in [-0.2, 0) is 10.2 Å². The van der Waals surface area contributed by atoms with Crippen molar-refractivity contribution in [3.05, 3.63) is 58.9 Å². The number of amides is 1. The van der Waals surface area contributed by atoms with Crippen LogP contribution < -0.4 is 10.1 Å². The number of hydrogen-bond donors (Lipinski definition) is 1. The predicted molar refractivity (Wildman–Crippen MR) is 111 cm³/mol. The average Bonchev–Trinajstić information content (AvgIpc) is 3.15. The van der Waals surface area contributed by atoms with Crippen molar-refractivity contribution in [3.63, 3.8) is 0 Å². The minimum atomic E-state index is -0.788. The SMILES string of the molecule is CCCCOc1c(C)cc(NC(=O)C2(c3ccccc3F)CCCC2)cc1C. The minimum absolute atomic E-state index is 0.117. The molecule has 0 radical (unpaired) electrons. The lowest BCUT2D eigenvalue weighted by molar-refractivity contribution is -0.121. The molecule has 2 aromatic rings. The van der Waals surface area contributed by atoms with Crippen LogP contribution in [0.4, 0.5) is 10.1 Å². The van der Waals surface area contributed by atoms with Gasteiger partial charge in [-0.3, -0.25) is 4.79 Å². The second-order valence-corrected chi connectivity index (χ2v) is 7.86. The minimum Gasteiger partial charge on any atom is -0.493 e. The first-order valence-electron chi connectivity index (χ1n) is 10.3. The molecule has 28 heavy (non-hydrogen) atoms. The number of aryl methyl sites for hydroxylation is 2. The van der Waals surface area contributed by atoms with Gasteiger partial charge in [0.15, 0.2) is 0 Å². The van der Waals surface area contributed by atoms with E-state index in [1.807, 2.05) is 32.0 Å². The molecule has 3 rings (SSSR count). The molecule has 1 aliphatic rings. The van der Waals surface area contributed by atoms with Gasteiger partial charge in [0.05, 0.1) is 12.0 Å². The molecule has 0 heterocycles. The molecule has 0 unspecified atom stereocenters. The Balaban J connectivity index is 1.84. The van der Waals surface area contributed by atoms with E-state index in [4.69, 9.17) is 4.74 Å². The smallest absolute Gasteiger partial charge is 0.235 e. The summed E-state index contributed by atoms with van der Waals surface area (Å²) >= 11 is 0. The molecule has 2 aromatic carbocycles. The van der Waals surface area contributed by atoms with Gasteiger partial charge < -0.3 is 10.1 Å². The second-order valence-electron chi connectivity index (χ2n) is 7.86. The van der Waals surface area contributed by atoms with Crippen LogP contribution in [0.3, 0.4) is 0 Å². The van der Waals surface area contributed by atoms with Gasteiger partial charge in [-0.25, -0.2) is 4.39 Å². The van der Waals surface area contributed by atoms with Crippen molar-refractivity contribution in [1.29, 1.82) is 0 Å².